The van der Waals surface area contributed by atoms with Crippen LogP contribution in [0.4, 0.5) is 0 Å². The highest BCUT2D eigenvalue weighted by atomic mass is 32.1. The quantitative estimate of drug-likeness (QED) is 0.688. The van der Waals surface area contributed by atoms with Crippen LogP contribution in [0, 0.1) is 0 Å². The van der Waals surface area contributed by atoms with Gasteiger partial charge in [-0.3, -0.25) is 9.88 Å². The molecule has 0 N–H and O–H groups in total. The number of likely N-dealkylation sites (tertiary alicyclic amines) is 1. The van der Waals surface area contributed by atoms with Crippen LogP contribution < -0.4 is 4.74 Å². The first-order valence-corrected chi connectivity index (χ1v) is 9.17. The van der Waals surface area contributed by atoms with Crippen LogP contribution in [-0.4, -0.2) is 29.1 Å². The first kappa shape index (κ1) is 15.4. The molecule has 3 heterocycles. The molecule has 24 heavy (non-hydrogen) atoms. The van der Waals surface area contributed by atoms with Gasteiger partial charge in [-0.05, 0) is 41.1 Å². The molecule has 1 aromatic carbocycles. The van der Waals surface area contributed by atoms with Crippen LogP contribution >= 0.6 is 11.3 Å². The number of thiophene rings is 1. The highest BCUT2D eigenvalue weighted by Crippen LogP contribution is 2.25. The van der Waals surface area contributed by atoms with E-state index in [1.165, 1.54) is 16.0 Å². The summed E-state index contributed by atoms with van der Waals surface area (Å²) in [6, 6.07) is 17.1. The van der Waals surface area contributed by atoms with E-state index in [-0.39, 0.29) is 6.10 Å². The Kier molecular flexibility index (Phi) is 4.58. The monoisotopic (exact) mass is 336 g/mol. The second-order valence-corrected chi connectivity index (χ2v) is 7.07. The Bertz CT molecular complexity index is 756. The number of pyridine rings is 1. The Morgan fingerprint density at radius 2 is 2.04 bits per heavy atom. The molecule has 4 heteroatoms. The van der Waals surface area contributed by atoms with E-state index < -0.39 is 0 Å². The molecule has 1 unspecified atom stereocenters. The van der Waals surface area contributed by atoms with Gasteiger partial charge in [0.25, 0.3) is 0 Å². The summed E-state index contributed by atoms with van der Waals surface area (Å²) < 4.78 is 6.01. The van der Waals surface area contributed by atoms with Crippen molar-refractivity contribution in [2.24, 2.45) is 0 Å². The fraction of sp³-hybridized carbons (Fsp3) is 0.250. The minimum atomic E-state index is 0.264. The van der Waals surface area contributed by atoms with E-state index in [9.17, 15) is 0 Å². The molecule has 1 saturated heterocycles. The highest BCUT2D eigenvalue weighted by Gasteiger charge is 2.23. The summed E-state index contributed by atoms with van der Waals surface area (Å²) in [6.07, 6.45) is 4.89. The molecule has 1 atom stereocenters. The molecule has 4 rings (SSSR count). The largest absolute Gasteiger partial charge is 0.487 e. The Morgan fingerprint density at radius 3 is 2.79 bits per heavy atom. The first-order valence-electron chi connectivity index (χ1n) is 8.29. The van der Waals surface area contributed by atoms with E-state index in [1.807, 2.05) is 12.1 Å². The molecule has 0 amide bonds. The van der Waals surface area contributed by atoms with Crippen molar-refractivity contribution >= 4 is 11.3 Å². The highest BCUT2D eigenvalue weighted by molar-refractivity contribution is 7.13. The van der Waals surface area contributed by atoms with Crippen molar-refractivity contribution < 1.29 is 4.74 Å². The normalized spacial score (nSPS) is 17.9. The average Bonchev–Trinajstić information content (AvgIpc) is 3.29. The summed E-state index contributed by atoms with van der Waals surface area (Å²) in [5.41, 5.74) is 2.66. The van der Waals surface area contributed by atoms with Gasteiger partial charge < -0.3 is 4.74 Å². The lowest BCUT2D eigenvalue weighted by Crippen LogP contribution is -2.24. The van der Waals surface area contributed by atoms with Gasteiger partial charge in [-0.25, -0.2) is 0 Å². The summed E-state index contributed by atoms with van der Waals surface area (Å²) in [7, 11) is 0. The number of nitrogens with zero attached hydrogens (tertiary/aromatic N) is 2. The molecule has 0 aliphatic carbocycles. The molecule has 0 radical (unpaired) electrons. The van der Waals surface area contributed by atoms with Crippen LogP contribution in [0.1, 0.15) is 12.0 Å². The van der Waals surface area contributed by atoms with Gasteiger partial charge >= 0.3 is 0 Å². The molecule has 0 saturated carbocycles. The van der Waals surface area contributed by atoms with Gasteiger partial charge in [-0.15, -0.1) is 11.3 Å². The van der Waals surface area contributed by atoms with Crippen LogP contribution in [0.3, 0.4) is 0 Å². The minimum Gasteiger partial charge on any atom is -0.487 e. The van der Waals surface area contributed by atoms with Gasteiger partial charge in [0.15, 0.2) is 0 Å². The van der Waals surface area contributed by atoms with Gasteiger partial charge in [0.05, 0.1) is 6.20 Å². The zero-order valence-corrected chi connectivity index (χ0v) is 14.3. The van der Waals surface area contributed by atoms with Gasteiger partial charge in [-0.1, -0.05) is 30.3 Å². The van der Waals surface area contributed by atoms with E-state index >= 15 is 0 Å². The molecule has 122 valence electrons. The van der Waals surface area contributed by atoms with Crippen molar-refractivity contribution in [1.29, 1.82) is 0 Å². The van der Waals surface area contributed by atoms with Gasteiger partial charge in [0, 0.05) is 30.7 Å². The van der Waals surface area contributed by atoms with Crippen molar-refractivity contribution in [2.75, 3.05) is 13.1 Å². The SMILES string of the molecule is c1cncc(OC2CCN(Cc3ccc(-c4cccs4)cc3)C2)c1. The summed E-state index contributed by atoms with van der Waals surface area (Å²) in [5, 5.41) is 2.12. The molecule has 3 aromatic rings. The van der Waals surface area contributed by atoms with Crippen molar-refractivity contribution in [1.82, 2.24) is 9.88 Å². The number of aromatic nitrogens is 1. The molecule has 0 spiro atoms. The average molecular weight is 336 g/mol. The molecule has 1 fully saturated rings. The second kappa shape index (κ2) is 7.16. The third-order valence-corrected chi connectivity index (χ3v) is 5.25. The molecule has 1 aliphatic rings. The summed E-state index contributed by atoms with van der Waals surface area (Å²) in [5.74, 6) is 0.865. The van der Waals surface area contributed by atoms with Crippen LogP contribution in [-0.2, 0) is 6.54 Å². The Hall–Kier alpha value is -2.17. The Morgan fingerprint density at radius 1 is 1.12 bits per heavy atom. The van der Waals surface area contributed by atoms with Gasteiger partial charge in [-0.2, -0.15) is 0 Å². The van der Waals surface area contributed by atoms with E-state index in [0.717, 1.165) is 31.8 Å². The predicted molar refractivity (Wildman–Crippen MR) is 98.3 cm³/mol. The topological polar surface area (TPSA) is 25.4 Å². The maximum absolute atomic E-state index is 6.01. The molecule has 3 nitrogen and oxygen atoms in total. The standard InChI is InChI=1S/C20H20N2OS/c1-3-18(13-21-10-1)23-19-9-11-22(15-19)14-16-5-7-17(8-6-16)20-4-2-12-24-20/h1-8,10,12-13,19H,9,11,14-15H2. The summed E-state index contributed by atoms with van der Waals surface area (Å²) in [6.45, 7) is 3.04. The van der Waals surface area contributed by atoms with Gasteiger partial charge in [0.1, 0.15) is 11.9 Å². The third-order valence-electron chi connectivity index (χ3n) is 4.33. The van der Waals surface area contributed by atoms with Crippen LogP contribution in [0.5, 0.6) is 5.75 Å². The lowest BCUT2D eigenvalue weighted by Gasteiger charge is -2.17. The molecule has 0 bridgehead atoms. The fourth-order valence-corrected chi connectivity index (χ4v) is 3.85. The van der Waals surface area contributed by atoms with E-state index in [1.54, 1.807) is 23.7 Å². The number of rotatable bonds is 5. The van der Waals surface area contributed by atoms with Crippen molar-refractivity contribution in [3.8, 4) is 16.2 Å². The number of benzene rings is 1. The zero-order chi connectivity index (χ0) is 16.2. The van der Waals surface area contributed by atoms with Gasteiger partial charge in [0.2, 0.25) is 0 Å². The van der Waals surface area contributed by atoms with Crippen molar-refractivity contribution in [3.63, 3.8) is 0 Å². The number of hydrogen-bond acceptors (Lipinski definition) is 4. The smallest absolute Gasteiger partial charge is 0.138 e. The molecular weight excluding hydrogens is 316 g/mol. The summed E-state index contributed by atoms with van der Waals surface area (Å²) in [4.78, 5) is 7.89. The van der Waals surface area contributed by atoms with E-state index in [0.29, 0.717) is 0 Å². The van der Waals surface area contributed by atoms with Crippen LogP contribution in [0.2, 0.25) is 0 Å². The molecular formula is C20H20N2OS. The number of hydrogen-bond donors (Lipinski definition) is 0. The van der Waals surface area contributed by atoms with Crippen molar-refractivity contribution in [3.05, 3.63) is 71.9 Å². The fourth-order valence-electron chi connectivity index (χ4n) is 3.12. The Labute approximate surface area is 146 Å². The maximum Gasteiger partial charge on any atom is 0.138 e. The lowest BCUT2D eigenvalue weighted by molar-refractivity contribution is 0.197. The molecule has 2 aromatic heterocycles. The maximum atomic E-state index is 6.01. The van der Waals surface area contributed by atoms with Crippen LogP contribution in [0.15, 0.2) is 66.3 Å². The summed E-state index contributed by atoms with van der Waals surface area (Å²) >= 11 is 1.78. The Balaban J connectivity index is 1.33. The van der Waals surface area contributed by atoms with E-state index in [4.69, 9.17) is 4.74 Å². The predicted octanol–water partition coefficient (Wildman–Crippen LogP) is 4.46. The molecule has 1 aliphatic heterocycles. The zero-order valence-electron chi connectivity index (χ0n) is 13.5. The second-order valence-electron chi connectivity index (χ2n) is 6.13. The van der Waals surface area contributed by atoms with E-state index in [2.05, 4.69) is 51.7 Å². The third kappa shape index (κ3) is 3.66. The van der Waals surface area contributed by atoms with Crippen LogP contribution in [0.25, 0.3) is 10.4 Å². The first-order chi connectivity index (χ1) is 11.9. The minimum absolute atomic E-state index is 0.264. The number of ether oxygens (including phenoxy) is 1. The van der Waals surface area contributed by atoms with Crippen molar-refractivity contribution in [2.45, 2.75) is 19.1 Å². The lowest BCUT2D eigenvalue weighted by atomic mass is 10.1.